The molecule has 0 amide bonds. The summed E-state index contributed by atoms with van der Waals surface area (Å²) in [6, 6.07) is 15.5. The van der Waals surface area contributed by atoms with E-state index in [0.29, 0.717) is 0 Å². The Morgan fingerprint density at radius 1 is 0.833 bits per heavy atom. The molecule has 1 atom stereocenters. The molecule has 0 spiro atoms. The van der Waals surface area contributed by atoms with Gasteiger partial charge in [0.25, 0.3) is 0 Å². The van der Waals surface area contributed by atoms with Gasteiger partial charge in [0.2, 0.25) is 0 Å². The zero-order valence-electron chi connectivity index (χ0n) is 10.5. The smallest absolute Gasteiger partial charge is 0.180 e. The van der Waals surface area contributed by atoms with E-state index in [0.717, 1.165) is 22.4 Å². The lowest BCUT2D eigenvalue weighted by Gasteiger charge is -2.09. The summed E-state index contributed by atoms with van der Waals surface area (Å²) in [6.07, 6.45) is -0.866. The van der Waals surface area contributed by atoms with Gasteiger partial charge in [-0.15, -0.1) is 0 Å². The second-order valence-corrected chi connectivity index (χ2v) is 3.94. The molecule has 0 fully saturated rings. The van der Waals surface area contributed by atoms with E-state index in [1.807, 2.05) is 48.5 Å². The summed E-state index contributed by atoms with van der Waals surface area (Å²) in [5.74, 6) is 0.838. The molecule has 3 nitrogen and oxygen atoms in total. The summed E-state index contributed by atoms with van der Waals surface area (Å²) in [6.45, 7) is 0. The molecule has 1 N–H and O–H groups in total. The number of methoxy groups -OCH3 is 2. The Morgan fingerprint density at radius 2 is 1.33 bits per heavy atom. The summed E-state index contributed by atoms with van der Waals surface area (Å²) in [5, 5.41) is 9.52. The van der Waals surface area contributed by atoms with E-state index in [1.165, 1.54) is 7.11 Å². The van der Waals surface area contributed by atoms with Crippen LogP contribution in [0.2, 0.25) is 0 Å². The van der Waals surface area contributed by atoms with Gasteiger partial charge in [0.1, 0.15) is 5.75 Å². The monoisotopic (exact) mass is 244 g/mol. The molecule has 1 unspecified atom stereocenters. The van der Waals surface area contributed by atoms with Gasteiger partial charge in [0.05, 0.1) is 7.11 Å². The molecule has 0 radical (unpaired) electrons. The van der Waals surface area contributed by atoms with Crippen LogP contribution in [0.1, 0.15) is 11.9 Å². The molecule has 2 rings (SSSR count). The van der Waals surface area contributed by atoms with Crippen molar-refractivity contribution >= 4 is 0 Å². The molecule has 2 aromatic carbocycles. The topological polar surface area (TPSA) is 38.7 Å². The van der Waals surface area contributed by atoms with E-state index < -0.39 is 6.29 Å². The first kappa shape index (κ1) is 12.6. The van der Waals surface area contributed by atoms with Crippen molar-refractivity contribution in [2.45, 2.75) is 6.29 Å². The first-order chi connectivity index (χ1) is 8.74. The second-order valence-electron chi connectivity index (χ2n) is 3.94. The molecule has 3 heteroatoms. The fourth-order valence-corrected chi connectivity index (χ4v) is 1.76. The third-order valence-electron chi connectivity index (χ3n) is 2.84. The van der Waals surface area contributed by atoms with Gasteiger partial charge >= 0.3 is 0 Å². The molecule has 0 aliphatic rings. The van der Waals surface area contributed by atoms with Crippen molar-refractivity contribution < 1.29 is 14.6 Å². The van der Waals surface area contributed by atoms with Crippen LogP contribution in [0, 0.1) is 0 Å². The van der Waals surface area contributed by atoms with Crippen molar-refractivity contribution in [3.63, 3.8) is 0 Å². The number of hydrogen-bond acceptors (Lipinski definition) is 3. The molecule has 0 saturated carbocycles. The zero-order valence-corrected chi connectivity index (χ0v) is 10.5. The van der Waals surface area contributed by atoms with Crippen molar-refractivity contribution in [1.29, 1.82) is 0 Å². The molecule has 0 saturated heterocycles. The third kappa shape index (κ3) is 2.70. The maximum Gasteiger partial charge on any atom is 0.180 e. The lowest BCUT2D eigenvalue weighted by Crippen LogP contribution is -1.98. The highest BCUT2D eigenvalue weighted by Crippen LogP contribution is 2.24. The minimum Gasteiger partial charge on any atom is -0.497 e. The Bertz CT molecular complexity index is 488. The van der Waals surface area contributed by atoms with E-state index in [-0.39, 0.29) is 0 Å². The molecule has 0 aliphatic heterocycles. The third-order valence-corrected chi connectivity index (χ3v) is 2.84. The van der Waals surface area contributed by atoms with Crippen molar-refractivity contribution in [3.8, 4) is 16.9 Å². The Morgan fingerprint density at radius 3 is 1.78 bits per heavy atom. The summed E-state index contributed by atoms with van der Waals surface area (Å²) in [7, 11) is 3.12. The predicted octanol–water partition coefficient (Wildman–Crippen LogP) is 3.00. The zero-order chi connectivity index (χ0) is 13.0. The van der Waals surface area contributed by atoms with E-state index in [9.17, 15) is 5.11 Å². The molecule has 18 heavy (non-hydrogen) atoms. The average Bonchev–Trinajstić information content (AvgIpc) is 2.47. The number of ether oxygens (including phenoxy) is 2. The summed E-state index contributed by atoms with van der Waals surface area (Å²) >= 11 is 0. The van der Waals surface area contributed by atoms with Crippen LogP contribution < -0.4 is 4.74 Å². The first-order valence-electron chi connectivity index (χ1n) is 5.70. The number of aliphatic hydroxyl groups is 1. The number of rotatable bonds is 4. The van der Waals surface area contributed by atoms with Crippen LogP contribution in [0.25, 0.3) is 11.1 Å². The van der Waals surface area contributed by atoms with Crippen LogP contribution in [0.5, 0.6) is 5.75 Å². The molecular formula is C15H16O3. The van der Waals surface area contributed by atoms with Crippen LogP contribution >= 0.6 is 0 Å². The normalized spacial score (nSPS) is 12.2. The molecule has 0 bridgehead atoms. The highest BCUT2D eigenvalue weighted by atomic mass is 16.6. The Kier molecular flexibility index (Phi) is 3.97. The molecule has 0 aromatic heterocycles. The second kappa shape index (κ2) is 5.67. The minimum atomic E-state index is -0.866. The SMILES string of the molecule is COc1ccc(-c2ccc(C(O)OC)cc2)cc1. The maximum absolute atomic E-state index is 9.52. The van der Waals surface area contributed by atoms with Crippen molar-refractivity contribution in [2.75, 3.05) is 14.2 Å². The van der Waals surface area contributed by atoms with Gasteiger partial charge in [-0.3, -0.25) is 0 Å². The van der Waals surface area contributed by atoms with Crippen molar-refractivity contribution in [3.05, 3.63) is 54.1 Å². The van der Waals surface area contributed by atoms with Crippen LogP contribution in [-0.2, 0) is 4.74 Å². The predicted molar refractivity (Wildman–Crippen MR) is 70.4 cm³/mol. The van der Waals surface area contributed by atoms with Crippen molar-refractivity contribution in [1.82, 2.24) is 0 Å². The highest BCUT2D eigenvalue weighted by Gasteiger charge is 2.05. The van der Waals surface area contributed by atoms with Gasteiger partial charge in [0.15, 0.2) is 6.29 Å². The Balaban J connectivity index is 2.22. The quantitative estimate of drug-likeness (QED) is 0.840. The lowest BCUT2D eigenvalue weighted by molar-refractivity contribution is -0.0769. The van der Waals surface area contributed by atoms with Crippen LogP contribution in [0.3, 0.4) is 0 Å². The Hall–Kier alpha value is -1.84. The van der Waals surface area contributed by atoms with Gasteiger partial charge in [0, 0.05) is 12.7 Å². The molecule has 0 heterocycles. The van der Waals surface area contributed by atoms with Gasteiger partial charge in [-0.05, 0) is 23.3 Å². The number of aliphatic hydroxyl groups excluding tert-OH is 1. The van der Waals surface area contributed by atoms with Crippen LogP contribution in [0.4, 0.5) is 0 Å². The first-order valence-corrected chi connectivity index (χ1v) is 5.70. The van der Waals surface area contributed by atoms with E-state index in [2.05, 4.69) is 0 Å². The maximum atomic E-state index is 9.52. The molecular weight excluding hydrogens is 228 g/mol. The Labute approximate surface area is 107 Å². The van der Waals surface area contributed by atoms with Gasteiger partial charge < -0.3 is 14.6 Å². The van der Waals surface area contributed by atoms with E-state index in [4.69, 9.17) is 9.47 Å². The fraction of sp³-hybridized carbons (Fsp3) is 0.200. The van der Waals surface area contributed by atoms with Gasteiger partial charge in [-0.1, -0.05) is 36.4 Å². The largest absolute Gasteiger partial charge is 0.497 e. The van der Waals surface area contributed by atoms with Gasteiger partial charge in [-0.25, -0.2) is 0 Å². The fourth-order valence-electron chi connectivity index (χ4n) is 1.76. The average molecular weight is 244 g/mol. The standard InChI is InChI=1S/C15H16O3/c1-17-14-9-7-12(8-10-14)11-3-5-13(6-4-11)15(16)18-2/h3-10,15-16H,1-2H3. The molecule has 94 valence electrons. The molecule has 2 aromatic rings. The van der Waals surface area contributed by atoms with Gasteiger partial charge in [-0.2, -0.15) is 0 Å². The highest BCUT2D eigenvalue weighted by molar-refractivity contribution is 5.64. The van der Waals surface area contributed by atoms with Crippen molar-refractivity contribution in [2.24, 2.45) is 0 Å². The lowest BCUT2D eigenvalue weighted by atomic mass is 10.0. The summed E-state index contributed by atoms with van der Waals surface area (Å²) in [4.78, 5) is 0. The van der Waals surface area contributed by atoms with E-state index >= 15 is 0 Å². The number of hydrogen-bond donors (Lipinski definition) is 1. The van der Waals surface area contributed by atoms with Crippen LogP contribution in [0.15, 0.2) is 48.5 Å². The summed E-state index contributed by atoms with van der Waals surface area (Å²) in [5.41, 5.74) is 2.94. The number of benzene rings is 2. The van der Waals surface area contributed by atoms with E-state index in [1.54, 1.807) is 7.11 Å². The minimum absolute atomic E-state index is 0.745. The molecule has 0 aliphatic carbocycles. The van der Waals surface area contributed by atoms with Crippen LogP contribution in [-0.4, -0.2) is 19.3 Å². The summed E-state index contributed by atoms with van der Waals surface area (Å²) < 4.78 is 9.97.